The standard InChI is InChI=1S/C21H17F2N3O2/c1-12-7-13(2)9-16(8-12)25-21(28)19-10-14(5-6-24-19)20(27)26-18-4-3-15(22)11-17(18)23/h3-11H,1-2H3,(H,25,28)(H,26,27). The van der Waals surface area contributed by atoms with Gasteiger partial charge in [-0.15, -0.1) is 0 Å². The van der Waals surface area contributed by atoms with Crippen molar-refractivity contribution in [1.29, 1.82) is 0 Å². The smallest absolute Gasteiger partial charge is 0.274 e. The summed E-state index contributed by atoms with van der Waals surface area (Å²) in [6.07, 6.45) is 1.31. The van der Waals surface area contributed by atoms with Gasteiger partial charge in [0.25, 0.3) is 11.8 Å². The number of carbonyl (C=O) groups is 2. The van der Waals surface area contributed by atoms with Gasteiger partial charge in [-0.3, -0.25) is 14.6 Å². The van der Waals surface area contributed by atoms with Crippen LogP contribution in [0.4, 0.5) is 20.2 Å². The zero-order valence-corrected chi connectivity index (χ0v) is 15.2. The van der Waals surface area contributed by atoms with Crippen LogP contribution in [0.15, 0.2) is 54.7 Å². The number of benzene rings is 2. The highest BCUT2D eigenvalue weighted by Crippen LogP contribution is 2.17. The van der Waals surface area contributed by atoms with E-state index in [1.807, 2.05) is 32.0 Å². The first kappa shape index (κ1) is 19.2. The van der Waals surface area contributed by atoms with Crippen molar-refractivity contribution in [3.63, 3.8) is 0 Å². The molecule has 0 aliphatic carbocycles. The average Bonchev–Trinajstić information content (AvgIpc) is 2.63. The van der Waals surface area contributed by atoms with Crippen LogP contribution in [0.5, 0.6) is 0 Å². The summed E-state index contributed by atoms with van der Waals surface area (Å²) in [5.74, 6) is -2.76. The van der Waals surface area contributed by atoms with E-state index < -0.39 is 23.4 Å². The third kappa shape index (κ3) is 4.56. The number of aromatic nitrogens is 1. The second kappa shape index (κ2) is 7.96. The van der Waals surface area contributed by atoms with Crippen LogP contribution in [0.2, 0.25) is 0 Å². The van der Waals surface area contributed by atoms with Crippen LogP contribution in [0.3, 0.4) is 0 Å². The van der Waals surface area contributed by atoms with Crippen LogP contribution in [0.1, 0.15) is 32.0 Å². The van der Waals surface area contributed by atoms with Gasteiger partial charge in [-0.1, -0.05) is 6.07 Å². The predicted octanol–water partition coefficient (Wildman–Crippen LogP) is 4.48. The van der Waals surface area contributed by atoms with Gasteiger partial charge in [0.15, 0.2) is 0 Å². The number of amides is 2. The first-order valence-corrected chi connectivity index (χ1v) is 8.44. The van der Waals surface area contributed by atoms with E-state index in [-0.39, 0.29) is 16.9 Å². The summed E-state index contributed by atoms with van der Waals surface area (Å²) in [7, 11) is 0. The Bertz CT molecular complexity index is 1050. The number of pyridine rings is 1. The minimum absolute atomic E-state index is 0.0337. The SMILES string of the molecule is Cc1cc(C)cc(NC(=O)c2cc(C(=O)Nc3ccc(F)cc3F)ccn2)c1. The fourth-order valence-corrected chi connectivity index (χ4v) is 2.72. The predicted molar refractivity (Wildman–Crippen MR) is 102 cm³/mol. The van der Waals surface area contributed by atoms with Crippen molar-refractivity contribution in [3.8, 4) is 0 Å². The molecule has 2 amide bonds. The van der Waals surface area contributed by atoms with E-state index in [0.717, 1.165) is 23.3 Å². The van der Waals surface area contributed by atoms with Gasteiger partial charge in [-0.25, -0.2) is 8.78 Å². The molecular weight excluding hydrogens is 364 g/mol. The largest absolute Gasteiger partial charge is 0.321 e. The lowest BCUT2D eigenvalue weighted by atomic mass is 10.1. The first-order chi connectivity index (χ1) is 13.3. The van der Waals surface area contributed by atoms with Gasteiger partial charge in [0.05, 0.1) is 5.69 Å². The molecule has 0 bridgehead atoms. The molecule has 2 N–H and O–H groups in total. The molecule has 2 aromatic carbocycles. The van der Waals surface area contributed by atoms with Crippen molar-refractivity contribution >= 4 is 23.2 Å². The quantitative estimate of drug-likeness (QED) is 0.700. The molecule has 5 nitrogen and oxygen atoms in total. The molecule has 0 saturated carbocycles. The van der Waals surface area contributed by atoms with Gasteiger partial charge in [0.1, 0.15) is 17.3 Å². The second-order valence-corrected chi connectivity index (χ2v) is 6.34. The van der Waals surface area contributed by atoms with Crippen molar-refractivity contribution in [1.82, 2.24) is 4.98 Å². The normalized spacial score (nSPS) is 10.4. The minimum atomic E-state index is -0.893. The first-order valence-electron chi connectivity index (χ1n) is 8.44. The van der Waals surface area contributed by atoms with Crippen LogP contribution < -0.4 is 10.6 Å². The number of aryl methyl sites for hydroxylation is 2. The number of nitrogens with zero attached hydrogens (tertiary/aromatic N) is 1. The number of carbonyl (C=O) groups excluding carboxylic acids is 2. The molecule has 142 valence electrons. The summed E-state index contributed by atoms with van der Waals surface area (Å²) in [6.45, 7) is 3.83. The minimum Gasteiger partial charge on any atom is -0.321 e. The van der Waals surface area contributed by atoms with E-state index >= 15 is 0 Å². The molecule has 0 aliphatic heterocycles. The Balaban J connectivity index is 1.77. The molecule has 7 heteroatoms. The van der Waals surface area contributed by atoms with Crippen LogP contribution in [0.25, 0.3) is 0 Å². The molecule has 0 spiro atoms. The van der Waals surface area contributed by atoms with Crippen LogP contribution >= 0.6 is 0 Å². The number of halogens is 2. The lowest BCUT2D eigenvalue weighted by Crippen LogP contribution is -2.17. The van der Waals surface area contributed by atoms with Gasteiger partial charge in [0.2, 0.25) is 0 Å². The molecule has 1 heterocycles. The van der Waals surface area contributed by atoms with Crippen LogP contribution in [0, 0.1) is 25.5 Å². The number of rotatable bonds is 4. The van der Waals surface area contributed by atoms with E-state index in [1.165, 1.54) is 18.3 Å². The highest BCUT2D eigenvalue weighted by Gasteiger charge is 2.14. The summed E-state index contributed by atoms with van der Waals surface area (Å²) in [5.41, 5.74) is 2.60. The Hall–Kier alpha value is -3.61. The summed E-state index contributed by atoms with van der Waals surface area (Å²) >= 11 is 0. The van der Waals surface area contributed by atoms with Crippen molar-refractivity contribution in [2.75, 3.05) is 10.6 Å². The number of nitrogens with one attached hydrogen (secondary N) is 2. The van der Waals surface area contributed by atoms with Gasteiger partial charge in [-0.05, 0) is 61.4 Å². The Morgan fingerprint density at radius 2 is 1.57 bits per heavy atom. The summed E-state index contributed by atoms with van der Waals surface area (Å²) < 4.78 is 26.7. The summed E-state index contributed by atoms with van der Waals surface area (Å²) in [4.78, 5) is 28.8. The highest BCUT2D eigenvalue weighted by molar-refractivity contribution is 6.07. The van der Waals surface area contributed by atoms with E-state index in [9.17, 15) is 18.4 Å². The van der Waals surface area contributed by atoms with Crippen molar-refractivity contribution < 1.29 is 18.4 Å². The fraction of sp³-hybridized carbons (Fsp3) is 0.0952. The molecule has 28 heavy (non-hydrogen) atoms. The van der Waals surface area contributed by atoms with Crippen molar-refractivity contribution in [2.24, 2.45) is 0 Å². The highest BCUT2D eigenvalue weighted by atomic mass is 19.1. The summed E-state index contributed by atoms with van der Waals surface area (Å²) in [5, 5.41) is 5.08. The van der Waals surface area contributed by atoms with Gasteiger partial charge < -0.3 is 10.6 Å². The molecule has 1 aromatic heterocycles. The molecule has 0 atom stereocenters. The molecule has 3 aromatic rings. The maximum atomic E-state index is 13.7. The number of anilines is 2. The molecule has 3 rings (SSSR count). The average molecular weight is 381 g/mol. The van der Waals surface area contributed by atoms with Crippen molar-refractivity contribution in [2.45, 2.75) is 13.8 Å². The molecule has 0 aliphatic rings. The van der Waals surface area contributed by atoms with Gasteiger partial charge >= 0.3 is 0 Å². The zero-order chi connectivity index (χ0) is 20.3. The van der Waals surface area contributed by atoms with Crippen molar-refractivity contribution in [3.05, 3.63) is 88.7 Å². The third-order valence-electron chi connectivity index (χ3n) is 3.91. The zero-order valence-electron chi connectivity index (χ0n) is 15.2. The van der Waals surface area contributed by atoms with E-state index in [0.29, 0.717) is 11.8 Å². The Morgan fingerprint density at radius 3 is 2.25 bits per heavy atom. The Kier molecular flexibility index (Phi) is 5.44. The van der Waals surface area contributed by atoms with Crippen LogP contribution in [-0.2, 0) is 0 Å². The van der Waals surface area contributed by atoms with Gasteiger partial charge in [0, 0.05) is 23.5 Å². The lowest BCUT2D eigenvalue weighted by molar-refractivity contribution is 0.102. The number of hydrogen-bond acceptors (Lipinski definition) is 3. The fourth-order valence-electron chi connectivity index (χ4n) is 2.72. The molecule has 0 radical (unpaired) electrons. The maximum absolute atomic E-state index is 13.7. The summed E-state index contributed by atoms with van der Waals surface area (Å²) in [6, 6.07) is 11.1. The molecule has 0 unspecified atom stereocenters. The topological polar surface area (TPSA) is 71.1 Å². The molecule has 0 fully saturated rings. The Labute approximate surface area is 160 Å². The Morgan fingerprint density at radius 1 is 0.857 bits per heavy atom. The third-order valence-corrected chi connectivity index (χ3v) is 3.91. The molecule has 0 saturated heterocycles. The van der Waals surface area contributed by atoms with Gasteiger partial charge in [-0.2, -0.15) is 0 Å². The van der Waals surface area contributed by atoms with E-state index in [4.69, 9.17) is 0 Å². The number of hydrogen-bond donors (Lipinski definition) is 2. The maximum Gasteiger partial charge on any atom is 0.274 e. The van der Waals surface area contributed by atoms with E-state index in [1.54, 1.807) is 0 Å². The van der Waals surface area contributed by atoms with Crippen LogP contribution in [-0.4, -0.2) is 16.8 Å². The molecular formula is C21H17F2N3O2. The lowest BCUT2D eigenvalue weighted by Gasteiger charge is -2.09. The monoisotopic (exact) mass is 381 g/mol. The van der Waals surface area contributed by atoms with E-state index in [2.05, 4.69) is 15.6 Å². The second-order valence-electron chi connectivity index (χ2n) is 6.34.